The van der Waals surface area contributed by atoms with Crippen LogP contribution in [-0.4, -0.2) is 13.0 Å². The van der Waals surface area contributed by atoms with Crippen molar-refractivity contribution in [1.82, 2.24) is 9.29 Å². The fourth-order valence-corrected chi connectivity index (χ4v) is 6.55. The van der Waals surface area contributed by atoms with Crippen molar-refractivity contribution < 1.29 is 8.42 Å². The van der Waals surface area contributed by atoms with Crippen molar-refractivity contribution in [1.29, 1.82) is 0 Å². The number of hydrogen-bond donors (Lipinski definition) is 1. The third-order valence-corrected chi connectivity index (χ3v) is 8.60. The molecule has 0 bridgehead atoms. The topological polar surface area (TPSA) is 68.2 Å². The third-order valence-electron chi connectivity index (χ3n) is 5.99. The number of thiazole rings is 1. The molecule has 0 fully saturated rings. The Morgan fingerprint density at radius 1 is 0.889 bits per heavy atom. The van der Waals surface area contributed by atoms with Crippen LogP contribution in [0, 0.1) is 6.92 Å². The summed E-state index contributed by atoms with van der Waals surface area (Å²) >= 11 is 7.01. The lowest BCUT2D eigenvalue weighted by Gasteiger charge is -2.20. The Labute approximate surface area is 218 Å². The van der Waals surface area contributed by atoms with Crippen molar-refractivity contribution in [3.05, 3.63) is 134 Å². The fraction of sp³-hybridized carbons (Fsp3) is 0.107. The number of nitrogens with zero attached hydrogens (tertiary/aromatic N) is 1. The van der Waals surface area contributed by atoms with Gasteiger partial charge in [0.1, 0.15) is 0 Å². The molecule has 0 aliphatic rings. The smallest absolute Gasteiger partial charge is 0.294 e. The number of nitrogens with one attached hydrogen (secondary N) is 1. The standard InChI is InChI=1S/C28H23ClN2O3S2/c1-19-6-5-9-22(16-19)27(21-7-3-2-4-8-21)30-36(33,34)24-14-15-25-26(17-24)35-28(32)31(25)18-20-10-12-23(29)13-11-20/h2-17,27,30H,18H2,1H3. The molecular weight excluding hydrogens is 512 g/mol. The number of hydrogen-bond acceptors (Lipinski definition) is 4. The zero-order valence-corrected chi connectivity index (χ0v) is 21.8. The number of sulfonamides is 1. The van der Waals surface area contributed by atoms with E-state index in [4.69, 9.17) is 11.6 Å². The number of fused-ring (bicyclic) bond motifs is 1. The second-order valence-electron chi connectivity index (χ2n) is 8.59. The van der Waals surface area contributed by atoms with Crippen LogP contribution in [0.15, 0.2) is 107 Å². The van der Waals surface area contributed by atoms with E-state index in [1.54, 1.807) is 34.9 Å². The van der Waals surface area contributed by atoms with Gasteiger partial charge in [-0.3, -0.25) is 9.36 Å². The quantitative estimate of drug-likeness (QED) is 0.272. The molecule has 0 radical (unpaired) electrons. The Bertz CT molecular complexity index is 1690. The van der Waals surface area contributed by atoms with Gasteiger partial charge in [0.2, 0.25) is 10.0 Å². The normalized spacial score (nSPS) is 12.6. The average molecular weight is 535 g/mol. The molecule has 36 heavy (non-hydrogen) atoms. The van der Waals surface area contributed by atoms with E-state index in [2.05, 4.69) is 4.72 Å². The number of aryl methyl sites for hydroxylation is 1. The van der Waals surface area contributed by atoms with E-state index in [-0.39, 0.29) is 9.77 Å². The Kier molecular flexibility index (Phi) is 6.81. The van der Waals surface area contributed by atoms with Crippen LogP contribution in [0.1, 0.15) is 28.3 Å². The fourth-order valence-electron chi connectivity index (χ4n) is 4.18. The average Bonchev–Trinajstić information content (AvgIpc) is 3.18. The number of rotatable bonds is 7. The summed E-state index contributed by atoms with van der Waals surface area (Å²) in [4.78, 5) is 12.7. The molecule has 5 aromatic rings. The third kappa shape index (κ3) is 5.15. The van der Waals surface area contributed by atoms with E-state index in [0.717, 1.165) is 33.6 Å². The van der Waals surface area contributed by atoms with Crippen molar-refractivity contribution in [2.24, 2.45) is 0 Å². The second-order valence-corrected chi connectivity index (χ2v) is 11.7. The first-order valence-electron chi connectivity index (χ1n) is 11.3. The molecule has 0 amide bonds. The van der Waals surface area contributed by atoms with Gasteiger partial charge in [-0.05, 0) is 53.9 Å². The lowest BCUT2D eigenvalue weighted by molar-refractivity contribution is 0.572. The van der Waals surface area contributed by atoms with Crippen molar-refractivity contribution in [3.63, 3.8) is 0 Å². The van der Waals surface area contributed by atoms with Gasteiger partial charge < -0.3 is 0 Å². The van der Waals surface area contributed by atoms with Gasteiger partial charge in [0, 0.05) is 5.02 Å². The van der Waals surface area contributed by atoms with Gasteiger partial charge >= 0.3 is 4.87 Å². The summed E-state index contributed by atoms with van der Waals surface area (Å²) in [7, 11) is -3.90. The molecule has 1 N–H and O–H groups in total. The Balaban J connectivity index is 1.50. The molecule has 5 rings (SSSR count). The van der Waals surface area contributed by atoms with E-state index >= 15 is 0 Å². The summed E-state index contributed by atoms with van der Waals surface area (Å²) in [5, 5.41) is 0.628. The Morgan fingerprint density at radius 3 is 2.33 bits per heavy atom. The molecule has 1 atom stereocenters. The minimum absolute atomic E-state index is 0.114. The molecule has 0 spiro atoms. The Hall–Kier alpha value is -3.23. The van der Waals surface area contributed by atoms with E-state index in [0.29, 0.717) is 21.8 Å². The first kappa shape index (κ1) is 24.5. The first-order chi connectivity index (χ1) is 17.3. The van der Waals surface area contributed by atoms with Crippen molar-refractivity contribution in [3.8, 4) is 0 Å². The molecule has 1 aromatic heterocycles. The number of halogens is 1. The highest BCUT2D eigenvalue weighted by Gasteiger charge is 2.24. The highest BCUT2D eigenvalue weighted by molar-refractivity contribution is 7.89. The SMILES string of the molecule is Cc1cccc(C(NS(=O)(=O)c2ccc3c(c2)sc(=O)n3Cc2ccc(Cl)cc2)c2ccccc2)c1. The van der Waals surface area contributed by atoms with Crippen molar-refractivity contribution in [2.75, 3.05) is 0 Å². The van der Waals surface area contributed by atoms with Gasteiger partial charge in [0.05, 0.1) is 27.7 Å². The van der Waals surface area contributed by atoms with Crippen LogP contribution in [0.3, 0.4) is 0 Å². The van der Waals surface area contributed by atoms with Crippen LogP contribution in [0.5, 0.6) is 0 Å². The van der Waals surface area contributed by atoms with Crippen LogP contribution >= 0.6 is 22.9 Å². The van der Waals surface area contributed by atoms with Crippen LogP contribution < -0.4 is 9.60 Å². The number of benzene rings is 4. The highest BCUT2D eigenvalue weighted by Crippen LogP contribution is 2.27. The van der Waals surface area contributed by atoms with Crippen LogP contribution in [-0.2, 0) is 16.6 Å². The molecule has 5 nitrogen and oxygen atoms in total. The zero-order chi connectivity index (χ0) is 25.3. The van der Waals surface area contributed by atoms with E-state index in [1.807, 2.05) is 73.7 Å². The van der Waals surface area contributed by atoms with Gasteiger partial charge in [-0.2, -0.15) is 4.72 Å². The summed E-state index contributed by atoms with van der Waals surface area (Å²) in [6.07, 6.45) is 0. The van der Waals surface area contributed by atoms with Gasteiger partial charge in [-0.1, -0.05) is 95.2 Å². The van der Waals surface area contributed by atoms with Crippen LogP contribution in [0.25, 0.3) is 10.2 Å². The second kappa shape index (κ2) is 10.0. The molecule has 4 aromatic carbocycles. The summed E-state index contributed by atoms with van der Waals surface area (Å²) in [6.45, 7) is 2.36. The van der Waals surface area contributed by atoms with Gasteiger partial charge in [0.25, 0.3) is 0 Å². The summed E-state index contributed by atoms with van der Waals surface area (Å²) < 4.78 is 32.2. The van der Waals surface area contributed by atoms with Gasteiger partial charge in [-0.15, -0.1) is 0 Å². The van der Waals surface area contributed by atoms with E-state index < -0.39 is 16.1 Å². The first-order valence-corrected chi connectivity index (χ1v) is 14.0. The predicted octanol–water partition coefficient (Wildman–Crippen LogP) is 6.14. The molecule has 0 saturated carbocycles. The Morgan fingerprint density at radius 2 is 1.61 bits per heavy atom. The molecule has 0 aliphatic heterocycles. The van der Waals surface area contributed by atoms with Crippen molar-refractivity contribution in [2.45, 2.75) is 24.4 Å². The van der Waals surface area contributed by atoms with Gasteiger partial charge in [0.15, 0.2) is 0 Å². The minimum Gasteiger partial charge on any atom is -0.294 e. The molecule has 0 saturated heterocycles. The van der Waals surface area contributed by atoms with Crippen molar-refractivity contribution >= 4 is 43.2 Å². The van der Waals surface area contributed by atoms with Gasteiger partial charge in [-0.25, -0.2) is 8.42 Å². The predicted molar refractivity (Wildman–Crippen MR) is 146 cm³/mol. The van der Waals surface area contributed by atoms with E-state index in [9.17, 15) is 13.2 Å². The summed E-state index contributed by atoms with van der Waals surface area (Å²) in [5.41, 5.74) is 4.36. The molecule has 8 heteroatoms. The largest absolute Gasteiger partial charge is 0.308 e. The molecular formula is C28H23ClN2O3S2. The molecule has 0 aliphatic carbocycles. The molecule has 1 unspecified atom stereocenters. The molecule has 182 valence electrons. The lowest BCUT2D eigenvalue weighted by Crippen LogP contribution is -2.29. The summed E-state index contributed by atoms with van der Waals surface area (Å²) in [6, 6.07) is 28.8. The maximum absolute atomic E-state index is 13.5. The number of aromatic nitrogens is 1. The zero-order valence-electron chi connectivity index (χ0n) is 19.4. The molecule has 1 heterocycles. The lowest BCUT2D eigenvalue weighted by atomic mass is 9.98. The summed E-state index contributed by atoms with van der Waals surface area (Å²) in [5.74, 6) is 0. The maximum Gasteiger partial charge on any atom is 0.308 e. The van der Waals surface area contributed by atoms with Crippen LogP contribution in [0.2, 0.25) is 5.02 Å². The minimum atomic E-state index is -3.90. The maximum atomic E-state index is 13.5. The van der Waals surface area contributed by atoms with Crippen LogP contribution in [0.4, 0.5) is 0 Å². The monoisotopic (exact) mass is 534 g/mol. The van der Waals surface area contributed by atoms with E-state index in [1.165, 1.54) is 0 Å². The highest BCUT2D eigenvalue weighted by atomic mass is 35.5.